The summed E-state index contributed by atoms with van der Waals surface area (Å²) >= 11 is 0. The molecule has 0 heterocycles. The van der Waals surface area contributed by atoms with Gasteiger partial charge in [-0.3, -0.25) is 0 Å². The highest BCUT2D eigenvalue weighted by Crippen LogP contribution is 2.68. The van der Waals surface area contributed by atoms with Crippen LogP contribution in [0.25, 0.3) is 0 Å². The number of rotatable bonds is 3. The van der Waals surface area contributed by atoms with Gasteiger partial charge in [0.05, 0.1) is 0 Å². The molecule has 4 saturated carbocycles. The monoisotopic (exact) mass is 328 g/mol. The normalized spacial score (nSPS) is 52.0. The highest BCUT2D eigenvalue weighted by Gasteiger charge is 2.59. The number of hydrogen-bond donors (Lipinski definition) is 0. The molecule has 0 aromatic carbocycles. The molecule has 4 rings (SSSR count). The quantitative estimate of drug-likeness (QED) is 0.479. The standard InChI is InChI=1S/C24H40/c1-5-8-17(2)20-12-13-21-19-11-10-18-9-6-7-15-23(18,3)22(19)14-16-24(20,21)4/h5,17-22H,1,6-16H2,2-4H3. The highest BCUT2D eigenvalue weighted by atomic mass is 14.6. The highest BCUT2D eigenvalue weighted by molar-refractivity contribution is 5.09. The maximum atomic E-state index is 4.02. The molecule has 0 aromatic rings. The maximum Gasteiger partial charge on any atom is -0.0264 e. The van der Waals surface area contributed by atoms with E-state index in [-0.39, 0.29) is 0 Å². The van der Waals surface area contributed by atoms with Crippen molar-refractivity contribution in [2.75, 3.05) is 0 Å². The van der Waals surface area contributed by atoms with Crippen LogP contribution in [0.2, 0.25) is 0 Å². The first-order chi connectivity index (χ1) is 11.5. The van der Waals surface area contributed by atoms with E-state index < -0.39 is 0 Å². The molecule has 0 heteroatoms. The zero-order valence-corrected chi connectivity index (χ0v) is 16.5. The van der Waals surface area contributed by atoms with Crippen molar-refractivity contribution in [2.45, 2.75) is 91.4 Å². The van der Waals surface area contributed by atoms with Crippen molar-refractivity contribution in [3.63, 3.8) is 0 Å². The van der Waals surface area contributed by atoms with Gasteiger partial charge >= 0.3 is 0 Å². The van der Waals surface area contributed by atoms with Crippen LogP contribution in [-0.4, -0.2) is 0 Å². The van der Waals surface area contributed by atoms with Gasteiger partial charge in [-0.1, -0.05) is 39.7 Å². The summed E-state index contributed by atoms with van der Waals surface area (Å²) in [5, 5.41) is 0. The van der Waals surface area contributed by atoms with Gasteiger partial charge in [0.2, 0.25) is 0 Å². The summed E-state index contributed by atoms with van der Waals surface area (Å²) in [6.07, 6.45) is 18.7. The van der Waals surface area contributed by atoms with E-state index in [0.29, 0.717) is 10.8 Å². The van der Waals surface area contributed by atoms with Crippen molar-refractivity contribution in [1.82, 2.24) is 0 Å². The van der Waals surface area contributed by atoms with Crippen LogP contribution in [0.15, 0.2) is 12.7 Å². The van der Waals surface area contributed by atoms with Crippen LogP contribution < -0.4 is 0 Å². The molecule has 0 nitrogen and oxygen atoms in total. The number of fused-ring (bicyclic) bond motifs is 5. The molecule has 4 aliphatic carbocycles. The second kappa shape index (κ2) is 6.17. The Morgan fingerprint density at radius 3 is 2.50 bits per heavy atom. The topological polar surface area (TPSA) is 0 Å². The van der Waals surface area contributed by atoms with Crippen LogP contribution in [0.1, 0.15) is 91.4 Å². The SMILES string of the molecule is C=CCC(C)C1CCC2C3CCC4CCCCC4(C)C3CCC12C. The molecule has 136 valence electrons. The van der Waals surface area contributed by atoms with Gasteiger partial charge in [0.25, 0.3) is 0 Å². The fraction of sp³-hybridized carbons (Fsp3) is 0.917. The fourth-order valence-electron chi connectivity index (χ4n) is 8.70. The van der Waals surface area contributed by atoms with Gasteiger partial charge in [-0.2, -0.15) is 0 Å². The Morgan fingerprint density at radius 2 is 1.71 bits per heavy atom. The van der Waals surface area contributed by atoms with Crippen molar-refractivity contribution >= 4 is 0 Å². The summed E-state index contributed by atoms with van der Waals surface area (Å²) in [5.41, 5.74) is 1.34. The van der Waals surface area contributed by atoms with Crippen molar-refractivity contribution in [2.24, 2.45) is 46.3 Å². The second-order valence-corrected chi connectivity index (χ2v) is 10.6. The van der Waals surface area contributed by atoms with E-state index in [1.165, 1.54) is 38.5 Å². The summed E-state index contributed by atoms with van der Waals surface area (Å²) < 4.78 is 0. The molecule has 0 amide bonds. The van der Waals surface area contributed by atoms with Gasteiger partial charge in [0.15, 0.2) is 0 Å². The molecule has 0 radical (unpaired) electrons. The van der Waals surface area contributed by atoms with Crippen LogP contribution in [0.3, 0.4) is 0 Å². The molecular weight excluding hydrogens is 288 g/mol. The number of hydrogen-bond acceptors (Lipinski definition) is 0. The lowest BCUT2D eigenvalue weighted by Crippen LogP contribution is -2.53. The molecule has 24 heavy (non-hydrogen) atoms. The Labute approximate surface area is 150 Å². The maximum absolute atomic E-state index is 4.02. The van der Waals surface area contributed by atoms with Gasteiger partial charge in [0.1, 0.15) is 0 Å². The third-order valence-electron chi connectivity index (χ3n) is 9.88. The minimum absolute atomic E-state index is 0.640. The Kier molecular flexibility index (Phi) is 4.41. The predicted molar refractivity (Wildman–Crippen MR) is 104 cm³/mol. The first kappa shape index (κ1) is 17.2. The van der Waals surface area contributed by atoms with Crippen LogP contribution in [0, 0.1) is 46.3 Å². The average Bonchev–Trinajstić information content (AvgIpc) is 2.92. The van der Waals surface area contributed by atoms with E-state index in [4.69, 9.17) is 0 Å². The second-order valence-electron chi connectivity index (χ2n) is 10.6. The van der Waals surface area contributed by atoms with Crippen LogP contribution >= 0.6 is 0 Å². The van der Waals surface area contributed by atoms with E-state index in [0.717, 1.165) is 35.5 Å². The zero-order chi connectivity index (χ0) is 16.9. The van der Waals surface area contributed by atoms with Crippen LogP contribution in [-0.2, 0) is 0 Å². The lowest BCUT2D eigenvalue weighted by atomic mass is 9.44. The van der Waals surface area contributed by atoms with E-state index in [1.54, 1.807) is 32.1 Å². The number of allylic oxidation sites excluding steroid dienone is 1. The van der Waals surface area contributed by atoms with Gasteiger partial charge in [-0.05, 0) is 104 Å². The van der Waals surface area contributed by atoms with E-state index in [9.17, 15) is 0 Å². The largest absolute Gasteiger partial charge is 0.103 e. The van der Waals surface area contributed by atoms with Crippen molar-refractivity contribution in [1.29, 1.82) is 0 Å². The lowest BCUT2D eigenvalue weighted by molar-refractivity contribution is -0.114. The molecule has 4 aliphatic rings. The average molecular weight is 329 g/mol. The summed E-state index contributed by atoms with van der Waals surface area (Å²) in [6.45, 7) is 11.9. The molecule has 8 atom stereocenters. The molecule has 0 saturated heterocycles. The molecule has 0 bridgehead atoms. The van der Waals surface area contributed by atoms with Crippen molar-refractivity contribution < 1.29 is 0 Å². The van der Waals surface area contributed by atoms with Crippen molar-refractivity contribution in [3.8, 4) is 0 Å². The molecule has 0 spiro atoms. The summed E-state index contributed by atoms with van der Waals surface area (Å²) in [7, 11) is 0. The Bertz CT molecular complexity index is 478. The van der Waals surface area contributed by atoms with Gasteiger partial charge in [-0.15, -0.1) is 6.58 Å². The first-order valence-corrected chi connectivity index (χ1v) is 11.1. The molecule has 4 fully saturated rings. The molecular formula is C24H40. The van der Waals surface area contributed by atoms with Crippen LogP contribution in [0.5, 0.6) is 0 Å². The van der Waals surface area contributed by atoms with Gasteiger partial charge < -0.3 is 0 Å². The molecule has 0 aromatic heterocycles. The Balaban J connectivity index is 1.58. The van der Waals surface area contributed by atoms with Gasteiger partial charge in [-0.25, -0.2) is 0 Å². The van der Waals surface area contributed by atoms with Crippen molar-refractivity contribution in [3.05, 3.63) is 12.7 Å². The smallest absolute Gasteiger partial charge is 0.0264 e. The summed E-state index contributed by atoms with van der Waals surface area (Å²) in [6, 6.07) is 0. The van der Waals surface area contributed by atoms with E-state index in [2.05, 4.69) is 33.4 Å². The molecule has 0 aliphatic heterocycles. The third-order valence-corrected chi connectivity index (χ3v) is 9.88. The van der Waals surface area contributed by atoms with Crippen LogP contribution in [0.4, 0.5) is 0 Å². The zero-order valence-electron chi connectivity index (χ0n) is 16.5. The molecule has 8 unspecified atom stereocenters. The summed E-state index contributed by atoms with van der Waals surface area (Å²) in [5.74, 6) is 6.02. The summed E-state index contributed by atoms with van der Waals surface area (Å²) in [4.78, 5) is 0. The minimum atomic E-state index is 0.640. The van der Waals surface area contributed by atoms with E-state index in [1.807, 2.05) is 0 Å². The Morgan fingerprint density at radius 1 is 0.917 bits per heavy atom. The molecule has 0 N–H and O–H groups in total. The van der Waals surface area contributed by atoms with Gasteiger partial charge in [0, 0.05) is 0 Å². The predicted octanol–water partition coefficient (Wildman–Crippen LogP) is 7.25. The first-order valence-electron chi connectivity index (χ1n) is 11.1. The van der Waals surface area contributed by atoms with E-state index >= 15 is 0 Å². The minimum Gasteiger partial charge on any atom is -0.103 e. The lowest BCUT2D eigenvalue weighted by Gasteiger charge is -2.61. The third kappa shape index (κ3) is 2.38. The Hall–Kier alpha value is -0.260. The fourth-order valence-corrected chi connectivity index (χ4v) is 8.70.